The smallest absolute Gasteiger partial charge is 0.0830 e. The number of thioether (sulfide) groups is 1. The molecule has 1 aliphatic rings. The van der Waals surface area contributed by atoms with Gasteiger partial charge in [-0.25, -0.2) is 0 Å². The summed E-state index contributed by atoms with van der Waals surface area (Å²) in [6, 6.07) is 7.85. The Labute approximate surface area is 93.5 Å². The van der Waals surface area contributed by atoms with Crippen LogP contribution in [0.25, 0.3) is 0 Å². The lowest BCUT2D eigenvalue weighted by atomic mass is 9.98. The molecule has 1 fully saturated rings. The number of benzene rings is 1. The summed E-state index contributed by atoms with van der Waals surface area (Å²) in [4.78, 5) is 0. The van der Waals surface area contributed by atoms with Crippen LogP contribution < -0.4 is 0 Å². The van der Waals surface area contributed by atoms with Crippen molar-refractivity contribution in [2.24, 2.45) is 0 Å². The van der Waals surface area contributed by atoms with Crippen molar-refractivity contribution >= 4 is 23.4 Å². The molecule has 3 heteroatoms. The number of aryl methyl sites for hydroxylation is 1. The summed E-state index contributed by atoms with van der Waals surface area (Å²) < 4.78 is 0. The Bertz CT molecular complexity index is 306. The maximum atomic E-state index is 9.88. The Hall–Kier alpha value is -0.180. The number of hydrogen-bond donors (Lipinski definition) is 1. The Balaban J connectivity index is 1.88. The Kier molecular flexibility index (Phi) is 3.05. The van der Waals surface area contributed by atoms with E-state index in [0.717, 1.165) is 29.4 Å². The molecule has 0 spiro atoms. The minimum absolute atomic E-state index is 0.399. The van der Waals surface area contributed by atoms with Crippen molar-refractivity contribution in [2.75, 3.05) is 11.5 Å². The maximum absolute atomic E-state index is 9.88. The monoisotopic (exact) mass is 228 g/mol. The van der Waals surface area contributed by atoms with Crippen molar-refractivity contribution in [3.05, 3.63) is 34.9 Å². The Morgan fingerprint density at radius 3 is 2.43 bits per heavy atom. The van der Waals surface area contributed by atoms with Gasteiger partial charge in [0.2, 0.25) is 0 Å². The van der Waals surface area contributed by atoms with Gasteiger partial charge in [-0.15, -0.1) is 0 Å². The van der Waals surface area contributed by atoms with E-state index in [2.05, 4.69) is 0 Å². The average Bonchev–Trinajstić information content (AvgIpc) is 2.14. The van der Waals surface area contributed by atoms with Gasteiger partial charge in [0.1, 0.15) is 0 Å². The fourth-order valence-electron chi connectivity index (χ4n) is 1.51. The van der Waals surface area contributed by atoms with Crippen molar-refractivity contribution in [1.82, 2.24) is 0 Å². The first-order valence-corrected chi connectivity index (χ1v) is 6.26. The maximum Gasteiger partial charge on any atom is 0.0830 e. The molecule has 2 rings (SSSR count). The summed E-state index contributed by atoms with van der Waals surface area (Å²) in [6.07, 6.45) is 1.80. The number of rotatable bonds is 3. The molecule has 1 aromatic carbocycles. The number of hydrogen-bond acceptors (Lipinski definition) is 2. The summed E-state index contributed by atoms with van der Waals surface area (Å²) in [5, 5.41) is 10.6. The van der Waals surface area contributed by atoms with Crippen LogP contribution in [-0.4, -0.2) is 22.2 Å². The molecule has 1 aliphatic heterocycles. The normalized spacial score (nSPS) is 19.0. The van der Waals surface area contributed by atoms with Crippen LogP contribution >= 0.6 is 23.4 Å². The minimum Gasteiger partial charge on any atom is -0.388 e. The van der Waals surface area contributed by atoms with Crippen molar-refractivity contribution in [3.63, 3.8) is 0 Å². The van der Waals surface area contributed by atoms with Gasteiger partial charge in [-0.05, 0) is 30.5 Å². The first-order chi connectivity index (χ1) is 6.68. The molecule has 1 aromatic rings. The van der Waals surface area contributed by atoms with Crippen LogP contribution in [0.4, 0.5) is 0 Å². The zero-order valence-electron chi connectivity index (χ0n) is 7.87. The van der Waals surface area contributed by atoms with Gasteiger partial charge in [0.15, 0.2) is 0 Å². The predicted molar refractivity (Wildman–Crippen MR) is 62.0 cm³/mol. The van der Waals surface area contributed by atoms with E-state index >= 15 is 0 Å². The van der Waals surface area contributed by atoms with E-state index in [1.165, 1.54) is 5.56 Å². The molecule has 0 unspecified atom stereocenters. The summed E-state index contributed by atoms with van der Waals surface area (Å²) in [5.41, 5.74) is 0.851. The molecular formula is C11H13ClOS. The zero-order chi connectivity index (χ0) is 10.0. The first-order valence-electron chi connectivity index (χ1n) is 4.73. The van der Waals surface area contributed by atoms with Gasteiger partial charge in [-0.2, -0.15) is 11.8 Å². The third kappa shape index (κ3) is 2.44. The molecule has 0 saturated carbocycles. The van der Waals surface area contributed by atoms with Gasteiger partial charge in [0, 0.05) is 16.5 Å². The Morgan fingerprint density at radius 2 is 1.93 bits per heavy atom. The third-order valence-electron chi connectivity index (χ3n) is 2.53. The molecular weight excluding hydrogens is 216 g/mol. The second kappa shape index (κ2) is 4.13. The van der Waals surface area contributed by atoms with Gasteiger partial charge in [-0.3, -0.25) is 0 Å². The van der Waals surface area contributed by atoms with E-state index in [1.54, 1.807) is 0 Å². The minimum atomic E-state index is -0.399. The molecule has 76 valence electrons. The lowest BCUT2D eigenvalue weighted by Crippen LogP contribution is -2.43. The highest BCUT2D eigenvalue weighted by Crippen LogP contribution is 2.33. The fraction of sp³-hybridized carbons (Fsp3) is 0.455. The van der Waals surface area contributed by atoms with Crippen molar-refractivity contribution in [3.8, 4) is 0 Å². The summed E-state index contributed by atoms with van der Waals surface area (Å²) in [5.74, 6) is 1.78. The Morgan fingerprint density at radius 1 is 1.29 bits per heavy atom. The highest BCUT2D eigenvalue weighted by molar-refractivity contribution is 8.00. The van der Waals surface area contributed by atoms with Gasteiger partial charge >= 0.3 is 0 Å². The second-order valence-electron chi connectivity index (χ2n) is 3.84. The largest absolute Gasteiger partial charge is 0.388 e. The van der Waals surface area contributed by atoms with E-state index in [9.17, 15) is 5.11 Å². The molecule has 0 aliphatic carbocycles. The van der Waals surface area contributed by atoms with Crippen molar-refractivity contribution < 1.29 is 5.11 Å². The standard InChI is InChI=1S/C11H13ClOS/c12-10-3-1-9(2-4-10)5-6-11(13)7-14-8-11/h1-4,13H,5-8H2. The second-order valence-corrected chi connectivity index (χ2v) is 5.27. The van der Waals surface area contributed by atoms with Gasteiger partial charge in [0.25, 0.3) is 0 Å². The SMILES string of the molecule is OC1(CCc2ccc(Cl)cc2)CSC1. The first kappa shape index (κ1) is 10.3. The van der Waals surface area contributed by atoms with Gasteiger partial charge < -0.3 is 5.11 Å². The average molecular weight is 229 g/mol. The van der Waals surface area contributed by atoms with Crippen molar-refractivity contribution in [1.29, 1.82) is 0 Å². The summed E-state index contributed by atoms with van der Waals surface area (Å²) in [6.45, 7) is 0. The van der Waals surface area contributed by atoms with E-state index in [4.69, 9.17) is 11.6 Å². The summed E-state index contributed by atoms with van der Waals surface area (Å²) in [7, 11) is 0. The topological polar surface area (TPSA) is 20.2 Å². The van der Waals surface area contributed by atoms with E-state index in [0.29, 0.717) is 0 Å². The van der Waals surface area contributed by atoms with E-state index in [-0.39, 0.29) is 0 Å². The van der Waals surface area contributed by atoms with Crippen LogP contribution in [0.5, 0.6) is 0 Å². The van der Waals surface area contributed by atoms with Crippen LogP contribution in [0.15, 0.2) is 24.3 Å². The molecule has 1 saturated heterocycles. The number of aliphatic hydroxyl groups is 1. The predicted octanol–water partition coefficient (Wildman–Crippen LogP) is 2.75. The lowest BCUT2D eigenvalue weighted by Gasteiger charge is -2.35. The summed E-state index contributed by atoms with van der Waals surface area (Å²) >= 11 is 7.60. The highest BCUT2D eigenvalue weighted by Gasteiger charge is 2.34. The van der Waals surface area contributed by atoms with Crippen LogP contribution in [0.2, 0.25) is 5.02 Å². The molecule has 1 heterocycles. The molecule has 1 nitrogen and oxygen atoms in total. The molecule has 0 radical (unpaired) electrons. The molecule has 0 aromatic heterocycles. The quantitative estimate of drug-likeness (QED) is 0.859. The molecule has 0 amide bonds. The highest BCUT2D eigenvalue weighted by atomic mass is 35.5. The van der Waals surface area contributed by atoms with Gasteiger partial charge in [-0.1, -0.05) is 23.7 Å². The number of halogens is 1. The van der Waals surface area contributed by atoms with E-state index in [1.807, 2.05) is 36.0 Å². The van der Waals surface area contributed by atoms with Crippen LogP contribution in [0.3, 0.4) is 0 Å². The lowest BCUT2D eigenvalue weighted by molar-refractivity contribution is 0.0698. The molecule has 0 bridgehead atoms. The van der Waals surface area contributed by atoms with Crippen LogP contribution in [0.1, 0.15) is 12.0 Å². The molecule has 0 atom stereocenters. The molecule has 1 N–H and O–H groups in total. The van der Waals surface area contributed by atoms with Crippen LogP contribution in [0, 0.1) is 0 Å². The third-order valence-corrected chi connectivity index (χ3v) is 4.27. The van der Waals surface area contributed by atoms with Crippen molar-refractivity contribution in [2.45, 2.75) is 18.4 Å². The van der Waals surface area contributed by atoms with Gasteiger partial charge in [0.05, 0.1) is 5.60 Å². The van der Waals surface area contributed by atoms with Crippen LogP contribution in [-0.2, 0) is 6.42 Å². The molecule has 14 heavy (non-hydrogen) atoms. The fourth-order valence-corrected chi connectivity index (χ4v) is 2.60. The zero-order valence-corrected chi connectivity index (χ0v) is 9.44. The van der Waals surface area contributed by atoms with E-state index < -0.39 is 5.60 Å².